The molecule has 0 saturated carbocycles. The number of nitrogens with one attached hydrogen (secondary N) is 2. The van der Waals surface area contributed by atoms with Crippen LogP contribution < -0.4 is 16.6 Å². The molecule has 1 aromatic carbocycles. The second-order valence-corrected chi connectivity index (χ2v) is 3.66. The number of nitrogens with two attached hydrogens (primary N) is 1. The zero-order valence-electron chi connectivity index (χ0n) is 10.1. The molecule has 0 saturated heterocycles. The summed E-state index contributed by atoms with van der Waals surface area (Å²) in [7, 11) is 0. The molecule has 0 aliphatic heterocycles. The van der Waals surface area contributed by atoms with E-state index in [1.807, 2.05) is 0 Å². The number of hydrogen-bond donors (Lipinski definition) is 3. The first-order valence-electron chi connectivity index (χ1n) is 5.45. The Balaban J connectivity index is 2.25. The van der Waals surface area contributed by atoms with Crippen LogP contribution in [0.2, 0.25) is 0 Å². The molecule has 0 unspecified atom stereocenters. The van der Waals surface area contributed by atoms with E-state index in [0.717, 1.165) is 0 Å². The number of nitrogens with zero attached hydrogens (tertiary/aromatic N) is 3. The number of hydrazine groups is 1. The van der Waals surface area contributed by atoms with E-state index in [9.17, 15) is 14.9 Å². The molecule has 0 radical (unpaired) electrons. The summed E-state index contributed by atoms with van der Waals surface area (Å²) in [5.74, 6) is 4.84. The number of rotatable bonds is 4. The van der Waals surface area contributed by atoms with Crippen molar-refractivity contribution in [3.63, 3.8) is 0 Å². The van der Waals surface area contributed by atoms with Crippen LogP contribution in [0.15, 0.2) is 36.7 Å². The van der Waals surface area contributed by atoms with Crippen LogP contribution >= 0.6 is 0 Å². The SMILES string of the molecule is NNc1cc(C(=O)Nc2ncccn2)ccc1[N+](=O)[O-]. The van der Waals surface area contributed by atoms with Gasteiger partial charge in [0.15, 0.2) is 0 Å². The maximum absolute atomic E-state index is 11.9. The van der Waals surface area contributed by atoms with Crippen LogP contribution in [0.1, 0.15) is 10.4 Å². The molecule has 4 N–H and O–H groups in total. The molecule has 9 nitrogen and oxygen atoms in total. The molecule has 2 aromatic rings. The zero-order valence-corrected chi connectivity index (χ0v) is 10.1. The summed E-state index contributed by atoms with van der Waals surface area (Å²) >= 11 is 0. The smallest absolute Gasteiger partial charge is 0.293 e. The van der Waals surface area contributed by atoms with Gasteiger partial charge in [0, 0.05) is 24.0 Å². The van der Waals surface area contributed by atoms with Crippen LogP contribution in [0, 0.1) is 10.1 Å². The second kappa shape index (κ2) is 5.71. The fraction of sp³-hybridized carbons (Fsp3) is 0. The average molecular weight is 274 g/mol. The Bertz CT molecular complexity index is 646. The van der Waals surface area contributed by atoms with Crippen molar-refractivity contribution < 1.29 is 9.72 Å². The molecule has 0 aliphatic rings. The number of carbonyl (C=O) groups is 1. The third-order valence-corrected chi connectivity index (χ3v) is 2.40. The number of nitro benzene ring substituents is 1. The van der Waals surface area contributed by atoms with Gasteiger partial charge in [0.05, 0.1) is 4.92 Å². The number of amides is 1. The molecular weight excluding hydrogens is 264 g/mol. The van der Waals surface area contributed by atoms with Gasteiger partial charge in [-0.25, -0.2) is 9.97 Å². The van der Waals surface area contributed by atoms with Gasteiger partial charge >= 0.3 is 0 Å². The van der Waals surface area contributed by atoms with Gasteiger partial charge in [0.25, 0.3) is 11.6 Å². The summed E-state index contributed by atoms with van der Waals surface area (Å²) in [6.45, 7) is 0. The van der Waals surface area contributed by atoms with Gasteiger partial charge in [-0.2, -0.15) is 0 Å². The lowest BCUT2D eigenvalue weighted by Gasteiger charge is -2.06. The lowest BCUT2D eigenvalue weighted by molar-refractivity contribution is -0.384. The Morgan fingerprint density at radius 2 is 2.00 bits per heavy atom. The molecule has 0 spiro atoms. The van der Waals surface area contributed by atoms with E-state index in [0.29, 0.717) is 0 Å². The lowest BCUT2D eigenvalue weighted by atomic mass is 10.1. The number of benzene rings is 1. The second-order valence-electron chi connectivity index (χ2n) is 3.66. The summed E-state index contributed by atoms with van der Waals surface area (Å²) in [6, 6.07) is 5.39. The number of nitro groups is 1. The van der Waals surface area contributed by atoms with Crippen molar-refractivity contribution in [2.24, 2.45) is 5.84 Å². The molecule has 1 heterocycles. The Labute approximate surface area is 113 Å². The van der Waals surface area contributed by atoms with Crippen LogP contribution in [-0.4, -0.2) is 20.8 Å². The van der Waals surface area contributed by atoms with E-state index in [4.69, 9.17) is 5.84 Å². The van der Waals surface area contributed by atoms with Gasteiger partial charge in [-0.15, -0.1) is 0 Å². The van der Waals surface area contributed by atoms with Gasteiger partial charge in [0.1, 0.15) is 5.69 Å². The number of hydrogen-bond acceptors (Lipinski definition) is 7. The summed E-state index contributed by atoms with van der Waals surface area (Å²) in [5, 5.41) is 13.2. The van der Waals surface area contributed by atoms with Crippen molar-refractivity contribution in [1.82, 2.24) is 9.97 Å². The van der Waals surface area contributed by atoms with Crippen molar-refractivity contribution in [3.05, 3.63) is 52.3 Å². The highest BCUT2D eigenvalue weighted by Crippen LogP contribution is 2.24. The lowest BCUT2D eigenvalue weighted by Crippen LogP contribution is -2.15. The molecule has 102 valence electrons. The van der Waals surface area contributed by atoms with E-state index < -0.39 is 10.8 Å². The molecule has 0 fully saturated rings. The normalized spacial score (nSPS) is 9.85. The average Bonchev–Trinajstić information content (AvgIpc) is 2.47. The van der Waals surface area contributed by atoms with E-state index >= 15 is 0 Å². The molecule has 1 amide bonds. The van der Waals surface area contributed by atoms with Crippen molar-refractivity contribution in [2.75, 3.05) is 10.7 Å². The summed E-state index contributed by atoms with van der Waals surface area (Å²) in [5.41, 5.74) is 2.19. The number of nitrogen functional groups attached to an aromatic ring is 1. The van der Waals surface area contributed by atoms with E-state index in [1.165, 1.54) is 30.6 Å². The van der Waals surface area contributed by atoms with Gasteiger partial charge in [-0.3, -0.25) is 26.1 Å². The predicted molar refractivity (Wildman–Crippen MR) is 70.9 cm³/mol. The first kappa shape index (κ1) is 13.4. The maximum atomic E-state index is 11.9. The molecule has 0 aliphatic carbocycles. The number of carbonyl (C=O) groups excluding carboxylic acids is 1. The molecule has 0 atom stereocenters. The quantitative estimate of drug-likeness (QED) is 0.428. The summed E-state index contributed by atoms with van der Waals surface area (Å²) in [4.78, 5) is 29.8. The van der Waals surface area contributed by atoms with Gasteiger partial charge in [-0.05, 0) is 18.2 Å². The number of anilines is 2. The van der Waals surface area contributed by atoms with E-state index in [2.05, 4.69) is 20.7 Å². The van der Waals surface area contributed by atoms with Gasteiger partial charge in [-0.1, -0.05) is 0 Å². The Morgan fingerprint density at radius 3 is 2.60 bits per heavy atom. The molecule has 20 heavy (non-hydrogen) atoms. The van der Waals surface area contributed by atoms with E-state index in [-0.39, 0.29) is 22.9 Å². The highest BCUT2D eigenvalue weighted by molar-refractivity contribution is 6.04. The van der Waals surface area contributed by atoms with Crippen LogP contribution in [0.4, 0.5) is 17.3 Å². The summed E-state index contributed by atoms with van der Waals surface area (Å²) in [6.07, 6.45) is 2.95. The number of aromatic nitrogens is 2. The fourth-order valence-electron chi connectivity index (χ4n) is 1.49. The third-order valence-electron chi connectivity index (χ3n) is 2.40. The van der Waals surface area contributed by atoms with Crippen LogP contribution in [0.5, 0.6) is 0 Å². The third kappa shape index (κ3) is 2.84. The minimum atomic E-state index is -0.600. The molecule has 0 bridgehead atoms. The highest BCUT2D eigenvalue weighted by atomic mass is 16.6. The minimum Gasteiger partial charge on any atom is -0.318 e. The van der Waals surface area contributed by atoms with Crippen LogP contribution in [-0.2, 0) is 0 Å². The Kier molecular flexibility index (Phi) is 3.82. The monoisotopic (exact) mass is 274 g/mol. The molecule has 2 rings (SSSR count). The fourth-order valence-corrected chi connectivity index (χ4v) is 1.49. The Morgan fingerprint density at radius 1 is 1.30 bits per heavy atom. The first-order valence-corrected chi connectivity index (χ1v) is 5.45. The topological polar surface area (TPSA) is 136 Å². The van der Waals surface area contributed by atoms with Crippen LogP contribution in [0.25, 0.3) is 0 Å². The van der Waals surface area contributed by atoms with Crippen LogP contribution in [0.3, 0.4) is 0 Å². The van der Waals surface area contributed by atoms with Crippen molar-refractivity contribution >= 4 is 23.2 Å². The minimum absolute atomic E-state index is 0.0385. The largest absolute Gasteiger partial charge is 0.318 e. The first-order chi connectivity index (χ1) is 9.61. The van der Waals surface area contributed by atoms with Gasteiger partial charge < -0.3 is 5.43 Å². The maximum Gasteiger partial charge on any atom is 0.293 e. The Hall–Kier alpha value is -3.07. The standard InChI is InChI=1S/C11H10N6O3/c12-16-8-6-7(2-3-9(8)17(19)20)10(18)15-11-13-4-1-5-14-11/h1-6,16H,12H2,(H,13,14,15,18). The van der Waals surface area contributed by atoms with Crippen molar-refractivity contribution in [1.29, 1.82) is 0 Å². The zero-order chi connectivity index (χ0) is 14.5. The van der Waals surface area contributed by atoms with Crippen molar-refractivity contribution in [2.45, 2.75) is 0 Å². The van der Waals surface area contributed by atoms with Crippen molar-refractivity contribution in [3.8, 4) is 0 Å². The highest BCUT2D eigenvalue weighted by Gasteiger charge is 2.16. The molecule has 1 aromatic heterocycles. The summed E-state index contributed by atoms with van der Waals surface area (Å²) < 4.78 is 0. The predicted octanol–water partition coefficient (Wildman–Crippen LogP) is 0.923. The van der Waals surface area contributed by atoms with E-state index in [1.54, 1.807) is 6.07 Å². The van der Waals surface area contributed by atoms with Gasteiger partial charge in [0.2, 0.25) is 5.95 Å². The molecular formula is C11H10N6O3. The molecule has 9 heteroatoms.